The van der Waals surface area contributed by atoms with Gasteiger partial charge in [0.2, 0.25) is 0 Å². The minimum absolute atomic E-state index is 0.225. The standard InChI is InChI=1S/C13H17F2NO2/c1-12(2,3)18-11(17)13(4,16)9-7-8(14)5-6-10(9)15/h5-7H,16H2,1-4H3. The minimum Gasteiger partial charge on any atom is -0.458 e. The van der Waals surface area contributed by atoms with Crippen molar-refractivity contribution in [2.24, 2.45) is 5.73 Å². The lowest BCUT2D eigenvalue weighted by atomic mass is 9.92. The lowest BCUT2D eigenvalue weighted by Gasteiger charge is -2.28. The van der Waals surface area contributed by atoms with E-state index in [9.17, 15) is 13.6 Å². The summed E-state index contributed by atoms with van der Waals surface area (Å²) in [7, 11) is 0. The Morgan fingerprint density at radius 2 is 1.78 bits per heavy atom. The molecule has 0 radical (unpaired) electrons. The molecule has 1 rings (SSSR count). The van der Waals surface area contributed by atoms with Crippen LogP contribution in [0.25, 0.3) is 0 Å². The van der Waals surface area contributed by atoms with Gasteiger partial charge in [-0.1, -0.05) is 0 Å². The second-order valence-corrected chi connectivity index (χ2v) is 5.33. The summed E-state index contributed by atoms with van der Waals surface area (Å²) in [5.74, 6) is -2.21. The third-order valence-electron chi connectivity index (χ3n) is 2.31. The van der Waals surface area contributed by atoms with Crippen LogP contribution >= 0.6 is 0 Å². The molecule has 100 valence electrons. The highest BCUT2D eigenvalue weighted by molar-refractivity contribution is 5.82. The number of benzene rings is 1. The van der Waals surface area contributed by atoms with Gasteiger partial charge in [-0.3, -0.25) is 0 Å². The van der Waals surface area contributed by atoms with Crippen LogP contribution in [0.4, 0.5) is 8.78 Å². The number of carbonyl (C=O) groups excluding carboxylic acids is 1. The van der Waals surface area contributed by atoms with Crippen LogP contribution in [-0.4, -0.2) is 11.6 Å². The summed E-state index contributed by atoms with van der Waals surface area (Å²) in [4.78, 5) is 11.9. The Hall–Kier alpha value is -1.49. The maximum atomic E-state index is 13.6. The van der Waals surface area contributed by atoms with Gasteiger partial charge >= 0.3 is 5.97 Å². The largest absolute Gasteiger partial charge is 0.458 e. The molecule has 0 amide bonds. The lowest BCUT2D eigenvalue weighted by molar-refractivity contribution is -0.161. The fourth-order valence-electron chi connectivity index (χ4n) is 1.39. The smallest absolute Gasteiger partial charge is 0.331 e. The Labute approximate surface area is 105 Å². The Morgan fingerprint density at radius 1 is 1.22 bits per heavy atom. The highest BCUT2D eigenvalue weighted by Gasteiger charge is 2.37. The zero-order chi connectivity index (χ0) is 14.1. The van der Waals surface area contributed by atoms with Gasteiger partial charge in [0.1, 0.15) is 22.8 Å². The predicted octanol–water partition coefficient (Wildman–Crippen LogP) is 2.48. The zero-order valence-electron chi connectivity index (χ0n) is 10.9. The Balaban J connectivity index is 3.12. The van der Waals surface area contributed by atoms with Gasteiger partial charge in [-0.25, -0.2) is 13.6 Å². The van der Waals surface area contributed by atoms with Crippen LogP contribution in [0.5, 0.6) is 0 Å². The fourth-order valence-corrected chi connectivity index (χ4v) is 1.39. The van der Waals surface area contributed by atoms with Crippen molar-refractivity contribution in [3.8, 4) is 0 Å². The Kier molecular flexibility index (Phi) is 3.76. The molecule has 1 unspecified atom stereocenters. The van der Waals surface area contributed by atoms with Crippen molar-refractivity contribution in [2.45, 2.75) is 38.8 Å². The second kappa shape index (κ2) is 4.65. The summed E-state index contributed by atoms with van der Waals surface area (Å²) >= 11 is 0. The van der Waals surface area contributed by atoms with Crippen LogP contribution in [0.2, 0.25) is 0 Å². The Morgan fingerprint density at radius 3 is 2.28 bits per heavy atom. The minimum atomic E-state index is -1.74. The summed E-state index contributed by atoms with van der Waals surface area (Å²) in [6.07, 6.45) is 0. The molecule has 3 nitrogen and oxygen atoms in total. The number of rotatable bonds is 2. The first kappa shape index (κ1) is 14.6. The highest BCUT2D eigenvalue weighted by Crippen LogP contribution is 2.25. The van der Waals surface area contributed by atoms with Gasteiger partial charge in [-0.2, -0.15) is 0 Å². The van der Waals surface area contributed by atoms with Crippen LogP contribution in [0.1, 0.15) is 33.3 Å². The molecule has 0 bridgehead atoms. The third kappa shape index (κ3) is 3.26. The zero-order valence-corrected chi connectivity index (χ0v) is 10.9. The van der Waals surface area contributed by atoms with E-state index in [1.807, 2.05) is 0 Å². The van der Waals surface area contributed by atoms with Gasteiger partial charge in [0.25, 0.3) is 0 Å². The maximum absolute atomic E-state index is 13.6. The van der Waals surface area contributed by atoms with Crippen molar-refractivity contribution in [1.29, 1.82) is 0 Å². The molecule has 0 saturated heterocycles. The fraction of sp³-hybridized carbons (Fsp3) is 0.462. The van der Waals surface area contributed by atoms with Gasteiger partial charge in [-0.05, 0) is 45.9 Å². The first-order chi connectivity index (χ1) is 8.04. The number of hydrogen-bond acceptors (Lipinski definition) is 3. The number of nitrogens with two attached hydrogens (primary N) is 1. The molecule has 0 aliphatic heterocycles. The maximum Gasteiger partial charge on any atom is 0.331 e. The summed E-state index contributed by atoms with van der Waals surface area (Å²) in [5.41, 5.74) is 3.07. The first-order valence-electron chi connectivity index (χ1n) is 5.52. The molecule has 0 saturated carbocycles. The molecule has 0 aliphatic rings. The monoisotopic (exact) mass is 257 g/mol. The number of carbonyl (C=O) groups is 1. The van der Waals surface area contributed by atoms with E-state index in [2.05, 4.69) is 0 Å². The van der Waals surface area contributed by atoms with E-state index in [1.54, 1.807) is 20.8 Å². The van der Waals surface area contributed by atoms with Crippen LogP contribution < -0.4 is 5.73 Å². The van der Waals surface area contributed by atoms with Gasteiger partial charge in [0.15, 0.2) is 0 Å². The average Bonchev–Trinajstić information content (AvgIpc) is 2.19. The predicted molar refractivity (Wildman–Crippen MR) is 63.7 cm³/mol. The van der Waals surface area contributed by atoms with Crippen molar-refractivity contribution < 1.29 is 18.3 Å². The van der Waals surface area contributed by atoms with Crippen molar-refractivity contribution in [3.05, 3.63) is 35.4 Å². The summed E-state index contributed by atoms with van der Waals surface area (Å²) in [6, 6.07) is 2.80. The molecule has 1 aromatic carbocycles. The molecule has 0 aromatic heterocycles. The molecule has 0 aliphatic carbocycles. The van der Waals surface area contributed by atoms with E-state index in [1.165, 1.54) is 6.92 Å². The molecule has 1 atom stereocenters. The average molecular weight is 257 g/mol. The molecular formula is C13H17F2NO2. The molecule has 0 fully saturated rings. The molecule has 0 heterocycles. The van der Waals surface area contributed by atoms with Crippen molar-refractivity contribution in [3.63, 3.8) is 0 Å². The van der Waals surface area contributed by atoms with Crippen LogP contribution in [-0.2, 0) is 15.1 Å². The highest BCUT2D eigenvalue weighted by atomic mass is 19.1. The SMILES string of the molecule is CC(C)(C)OC(=O)C(C)(N)c1cc(F)ccc1F. The quantitative estimate of drug-likeness (QED) is 0.828. The Bertz CT molecular complexity index is 465. The molecule has 18 heavy (non-hydrogen) atoms. The normalized spacial score (nSPS) is 15.1. The molecule has 5 heteroatoms. The first-order valence-corrected chi connectivity index (χ1v) is 5.52. The van der Waals surface area contributed by atoms with Crippen LogP contribution in [0, 0.1) is 11.6 Å². The van der Waals surface area contributed by atoms with E-state index >= 15 is 0 Å². The van der Waals surface area contributed by atoms with Gasteiger partial charge in [-0.15, -0.1) is 0 Å². The summed E-state index contributed by atoms with van der Waals surface area (Å²) in [6.45, 7) is 6.30. The van der Waals surface area contributed by atoms with Crippen molar-refractivity contribution in [2.75, 3.05) is 0 Å². The molecular weight excluding hydrogens is 240 g/mol. The summed E-state index contributed by atoms with van der Waals surface area (Å²) < 4.78 is 31.8. The number of hydrogen-bond donors (Lipinski definition) is 1. The van der Waals surface area contributed by atoms with Gasteiger partial charge in [0, 0.05) is 5.56 Å². The molecule has 1 aromatic rings. The molecule has 0 spiro atoms. The number of ether oxygens (including phenoxy) is 1. The lowest BCUT2D eigenvalue weighted by Crippen LogP contribution is -2.46. The van der Waals surface area contributed by atoms with Gasteiger partial charge in [0.05, 0.1) is 0 Å². The van der Waals surface area contributed by atoms with Crippen molar-refractivity contribution >= 4 is 5.97 Å². The van der Waals surface area contributed by atoms with E-state index in [0.717, 1.165) is 18.2 Å². The number of halogens is 2. The second-order valence-electron chi connectivity index (χ2n) is 5.33. The van der Waals surface area contributed by atoms with E-state index in [4.69, 9.17) is 10.5 Å². The van der Waals surface area contributed by atoms with Crippen LogP contribution in [0.3, 0.4) is 0 Å². The van der Waals surface area contributed by atoms with E-state index < -0.39 is 28.7 Å². The number of esters is 1. The summed E-state index contributed by atoms with van der Waals surface area (Å²) in [5, 5.41) is 0. The van der Waals surface area contributed by atoms with Crippen molar-refractivity contribution in [1.82, 2.24) is 0 Å². The third-order valence-corrected chi connectivity index (χ3v) is 2.31. The van der Waals surface area contributed by atoms with Gasteiger partial charge < -0.3 is 10.5 Å². The topological polar surface area (TPSA) is 52.3 Å². The van der Waals surface area contributed by atoms with E-state index in [0.29, 0.717) is 0 Å². The molecule has 2 N–H and O–H groups in total. The van der Waals surface area contributed by atoms with E-state index in [-0.39, 0.29) is 5.56 Å². The van der Waals surface area contributed by atoms with Crippen LogP contribution in [0.15, 0.2) is 18.2 Å².